The van der Waals surface area contributed by atoms with Gasteiger partial charge in [-0.2, -0.15) is 13.2 Å². The number of hydrogen-bond acceptors (Lipinski definition) is 2. The van der Waals surface area contributed by atoms with Gasteiger partial charge in [-0.25, -0.2) is 4.39 Å². The summed E-state index contributed by atoms with van der Waals surface area (Å²) >= 11 is 0. The minimum Gasteiger partial charge on any atom is -0.330 e. The third-order valence-electron chi connectivity index (χ3n) is 2.70. The number of unbranched alkanes of at least 4 members (excludes halogenated alkanes) is 1. The second-order valence-electron chi connectivity index (χ2n) is 4.10. The Morgan fingerprint density at radius 1 is 1.17 bits per heavy atom. The lowest BCUT2D eigenvalue weighted by molar-refractivity contribution is -0.140. The fraction of sp³-hybridized carbons (Fsp3) is 0.500. The topological polar surface area (TPSA) is 52.0 Å². The Balaban J connectivity index is 2.90. The van der Waals surface area contributed by atoms with E-state index in [2.05, 4.69) is 0 Å². The Labute approximate surface area is 103 Å². The summed E-state index contributed by atoms with van der Waals surface area (Å²) in [5, 5.41) is 0. The third-order valence-corrected chi connectivity index (χ3v) is 2.70. The van der Waals surface area contributed by atoms with Gasteiger partial charge in [-0.15, -0.1) is 0 Å². The molecule has 1 atom stereocenters. The Bertz CT molecular complexity index is 390. The van der Waals surface area contributed by atoms with E-state index >= 15 is 0 Å². The van der Waals surface area contributed by atoms with Gasteiger partial charge in [-0.1, -0.05) is 18.6 Å². The summed E-state index contributed by atoms with van der Waals surface area (Å²) in [5.41, 5.74) is 9.64. The quantitative estimate of drug-likeness (QED) is 0.634. The van der Waals surface area contributed by atoms with Crippen LogP contribution in [-0.2, 0) is 6.18 Å². The van der Waals surface area contributed by atoms with Gasteiger partial charge in [-0.3, -0.25) is 0 Å². The number of nitrogens with two attached hydrogens (primary N) is 2. The van der Waals surface area contributed by atoms with Gasteiger partial charge in [0.15, 0.2) is 0 Å². The molecule has 4 N–H and O–H groups in total. The highest BCUT2D eigenvalue weighted by atomic mass is 19.4. The van der Waals surface area contributed by atoms with Crippen LogP contribution in [0, 0.1) is 5.82 Å². The molecule has 1 aromatic carbocycles. The molecule has 1 aromatic rings. The molecule has 0 aliphatic carbocycles. The molecular formula is C12H16F4N2. The summed E-state index contributed by atoms with van der Waals surface area (Å²) in [6, 6.07) is 2.44. The molecule has 18 heavy (non-hydrogen) atoms. The summed E-state index contributed by atoms with van der Waals surface area (Å²) in [7, 11) is 0. The average Bonchev–Trinajstić information content (AvgIpc) is 2.28. The predicted molar refractivity (Wildman–Crippen MR) is 61.2 cm³/mol. The lowest BCUT2D eigenvalue weighted by Gasteiger charge is -2.16. The molecule has 0 spiro atoms. The number of hydrogen-bond donors (Lipinski definition) is 2. The zero-order valence-electron chi connectivity index (χ0n) is 9.80. The molecule has 0 bridgehead atoms. The van der Waals surface area contributed by atoms with Gasteiger partial charge in [0.1, 0.15) is 5.82 Å². The normalized spacial score (nSPS) is 13.7. The first-order valence-corrected chi connectivity index (χ1v) is 5.69. The smallest absolute Gasteiger partial charge is 0.330 e. The molecule has 102 valence electrons. The molecular weight excluding hydrogens is 248 g/mol. The SMILES string of the molecule is NCCCC[C@H](N)c1cccc(C(F)(F)F)c1F. The van der Waals surface area contributed by atoms with Crippen molar-refractivity contribution in [2.45, 2.75) is 31.5 Å². The molecule has 6 heteroatoms. The largest absolute Gasteiger partial charge is 0.419 e. The number of rotatable bonds is 5. The molecule has 0 aliphatic rings. The molecule has 0 fully saturated rings. The fourth-order valence-corrected chi connectivity index (χ4v) is 1.72. The van der Waals surface area contributed by atoms with Crippen LogP contribution in [0.2, 0.25) is 0 Å². The monoisotopic (exact) mass is 264 g/mol. The number of benzene rings is 1. The van der Waals surface area contributed by atoms with Crippen LogP contribution in [0.3, 0.4) is 0 Å². The summed E-state index contributed by atoms with van der Waals surface area (Å²) in [4.78, 5) is 0. The highest BCUT2D eigenvalue weighted by Gasteiger charge is 2.35. The summed E-state index contributed by atoms with van der Waals surface area (Å²) in [6.45, 7) is 0.484. The first-order valence-electron chi connectivity index (χ1n) is 5.69. The highest BCUT2D eigenvalue weighted by Crippen LogP contribution is 2.34. The van der Waals surface area contributed by atoms with E-state index in [0.29, 0.717) is 31.9 Å². The van der Waals surface area contributed by atoms with E-state index in [0.717, 1.165) is 0 Å². The van der Waals surface area contributed by atoms with Crippen LogP contribution in [-0.4, -0.2) is 6.54 Å². The van der Waals surface area contributed by atoms with E-state index in [4.69, 9.17) is 11.5 Å². The molecule has 0 unspecified atom stereocenters. The van der Waals surface area contributed by atoms with Crippen molar-refractivity contribution in [1.29, 1.82) is 0 Å². The van der Waals surface area contributed by atoms with Gasteiger partial charge in [0.2, 0.25) is 0 Å². The molecule has 0 radical (unpaired) electrons. The first-order chi connectivity index (χ1) is 8.38. The number of alkyl halides is 3. The van der Waals surface area contributed by atoms with Crippen molar-refractivity contribution in [3.8, 4) is 0 Å². The van der Waals surface area contributed by atoms with E-state index in [-0.39, 0.29) is 5.56 Å². The Morgan fingerprint density at radius 2 is 1.83 bits per heavy atom. The second-order valence-corrected chi connectivity index (χ2v) is 4.10. The van der Waals surface area contributed by atoms with Crippen LogP contribution in [0.4, 0.5) is 17.6 Å². The maximum atomic E-state index is 13.7. The van der Waals surface area contributed by atoms with E-state index in [1.165, 1.54) is 12.1 Å². The first kappa shape index (κ1) is 14.9. The van der Waals surface area contributed by atoms with Gasteiger partial charge >= 0.3 is 6.18 Å². The maximum absolute atomic E-state index is 13.7. The van der Waals surface area contributed by atoms with Gasteiger partial charge in [0.25, 0.3) is 0 Å². The Hall–Kier alpha value is -1.14. The summed E-state index contributed by atoms with van der Waals surface area (Å²) in [5.74, 6) is -1.27. The van der Waals surface area contributed by atoms with Crippen molar-refractivity contribution in [3.05, 3.63) is 35.1 Å². The van der Waals surface area contributed by atoms with Crippen molar-refractivity contribution in [1.82, 2.24) is 0 Å². The number of halogens is 4. The van der Waals surface area contributed by atoms with E-state index in [1.54, 1.807) is 0 Å². The van der Waals surface area contributed by atoms with Crippen molar-refractivity contribution in [3.63, 3.8) is 0 Å². The predicted octanol–water partition coefficient (Wildman–Crippen LogP) is 2.97. The van der Waals surface area contributed by atoms with Gasteiger partial charge < -0.3 is 11.5 Å². The lowest BCUT2D eigenvalue weighted by Crippen LogP contribution is -2.16. The van der Waals surface area contributed by atoms with Gasteiger partial charge in [0.05, 0.1) is 5.56 Å². The maximum Gasteiger partial charge on any atom is 0.419 e. The van der Waals surface area contributed by atoms with Gasteiger partial charge in [-0.05, 0) is 25.5 Å². The van der Waals surface area contributed by atoms with E-state index < -0.39 is 23.6 Å². The Kier molecular flexibility index (Phi) is 5.10. The lowest BCUT2D eigenvalue weighted by atomic mass is 9.99. The van der Waals surface area contributed by atoms with Crippen molar-refractivity contribution >= 4 is 0 Å². The molecule has 2 nitrogen and oxygen atoms in total. The standard InChI is InChI=1S/C12H16F4N2/c13-11-8(10(18)6-1-2-7-17)4-3-5-9(11)12(14,15)16/h3-5,10H,1-2,6-7,17-18H2/t10-/m0/s1. The molecule has 0 saturated carbocycles. The summed E-state index contributed by atoms with van der Waals surface area (Å²) < 4.78 is 51.2. The van der Waals surface area contributed by atoms with Crippen molar-refractivity contribution in [2.75, 3.05) is 6.54 Å². The Morgan fingerprint density at radius 3 is 2.39 bits per heavy atom. The van der Waals surface area contributed by atoms with Crippen molar-refractivity contribution < 1.29 is 17.6 Å². The van der Waals surface area contributed by atoms with Crippen LogP contribution in [0.15, 0.2) is 18.2 Å². The fourth-order valence-electron chi connectivity index (χ4n) is 1.72. The van der Waals surface area contributed by atoms with Gasteiger partial charge in [0, 0.05) is 11.6 Å². The minimum absolute atomic E-state index is 0.0955. The molecule has 0 heterocycles. The zero-order valence-corrected chi connectivity index (χ0v) is 9.80. The van der Waals surface area contributed by atoms with Crippen LogP contribution in [0.5, 0.6) is 0 Å². The van der Waals surface area contributed by atoms with Crippen LogP contribution < -0.4 is 11.5 Å². The van der Waals surface area contributed by atoms with E-state index in [9.17, 15) is 17.6 Å². The van der Waals surface area contributed by atoms with Crippen LogP contribution in [0.1, 0.15) is 36.4 Å². The van der Waals surface area contributed by atoms with Crippen LogP contribution >= 0.6 is 0 Å². The van der Waals surface area contributed by atoms with Crippen molar-refractivity contribution in [2.24, 2.45) is 11.5 Å². The molecule has 0 amide bonds. The molecule has 0 saturated heterocycles. The van der Waals surface area contributed by atoms with E-state index in [1.807, 2.05) is 0 Å². The molecule has 1 rings (SSSR count). The molecule has 0 aromatic heterocycles. The average molecular weight is 264 g/mol. The molecule has 0 aliphatic heterocycles. The highest BCUT2D eigenvalue weighted by molar-refractivity contribution is 5.30. The summed E-state index contributed by atoms with van der Waals surface area (Å²) in [6.07, 6.45) is -2.91. The van der Waals surface area contributed by atoms with Crippen LogP contribution in [0.25, 0.3) is 0 Å². The minimum atomic E-state index is -4.70. The third kappa shape index (κ3) is 3.68. The zero-order chi connectivity index (χ0) is 13.8. The second kappa shape index (κ2) is 6.15.